The van der Waals surface area contributed by atoms with Crippen molar-refractivity contribution in [3.8, 4) is 0 Å². The Bertz CT molecular complexity index is 272. The van der Waals surface area contributed by atoms with E-state index in [0.29, 0.717) is 12.5 Å². The number of fused-ring (bicyclic) bond motifs is 1. The predicted molar refractivity (Wildman–Crippen MR) is 45.6 cm³/mol. The van der Waals surface area contributed by atoms with Crippen LogP contribution in [0, 0.1) is 0 Å². The maximum absolute atomic E-state index is 6.02. The van der Waals surface area contributed by atoms with Crippen molar-refractivity contribution in [2.45, 2.75) is 5.00 Å². The van der Waals surface area contributed by atoms with Gasteiger partial charge in [-0.25, -0.2) is 9.98 Å². The molecule has 0 saturated heterocycles. The number of amidine groups is 1. The third kappa shape index (κ3) is 0.903. The Hall–Kier alpha value is -0.450. The predicted octanol–water partition coefficient (Wildman–Crippen LogP) is 0.860. The van der Waals surface area contributed by atoms with Crippen LogP contribution in [0.4, 0.5) is 0 Å². The molecule has 0 fully saturated rings. The molecule has 0 radical (unpaired) electrons. The van der Waals surface area contributed by atoms with Crippen LogP contribution >= 0.6 is 23.4 Å². The van der Waals surface area contributed by atoms with Gasteiger partial charge in [0.2, 0.25) is 5.00 Å². The molecule has 0 aliphatic carbocycles. The molecule has 0 saturated carbocycles. The van der Waals surface area contributed by atoms with Crippen molar-refractivity contribution in [3.63, 3.8) is 0 Å². The molecule has 4 nitrogen and oxygen atoms in total. The average molecular weight is 191 g/mol. The van der Waals surface area contributed by atoms with E-state index in [0.717, 1.165) is 0 Å². The van der Waals surface area contributed by atoms with Crippen molar-refractivity contribution in [1.82, 2.24) is 4.42 Å². The molecule has 0 aromatic carbocycles. The summed E-state index contributed by atoms with van der Waals surface area (Å²) >= 11 is 11.8. The van der Waals surface area contributed by atoms with Crippen LogP contribution in [0.25, 0.3) is 0 Å². The summed E-state index contributed by atoms with van der Waals surface area (Å²) in [5.74, 6) is 0.504. The summed E-state index contributed by atoms with van der Waals surface area (Å²) < 4.78 is 1.35. The smallest absolute Gasteiger partial charge is 0.206 e. The second-order valence-corrected chi connectivity index (χ2v) is 3.17. The Balaban J connectivity index is 2.44. The van der Waals surface area contributed by atoms with Gasteiger partial charge in [-0.3, -0.25) is 4.99 Å². The van der Waals surface area contributed by atoms with Gasteiger partial charge in [-0.15, -0.1) is 0 Å². The molecule has 58 valence electrons. The summed E-state index contributed by atoms with van der Waals surface area (Å²) in [6.07, 6.45) is 2.91. The Labute approximate surface area is 73.4 Å². The highest BCUT2D eigenvalue weighted by molar-refractivity contribution is 6.48. The van der Waals surface area contributed by atoms with E-state index in [1.165, 1.54) is 17.0 Å². The first kappa shape index (κ1) is 7.21. The van der Waals surface area contributed by atoms with E-state index in [9.17, 15) is 0 Å². The van der Waals surface area contributed by atoms with E-state index < -0.39 is 5.00 Å². The number of aliphatic imine (C=N–C) groups is 3. The fourth-order valence-electron chi connectivity index (χ4n) is 0.923. The largest absolute Gasteiger partial charge is 0.250 e. The maximum Gasteiger partial charge on any atom is 0.206 e. The topological polar surface area (TPSA) is 40.3 Å². The summed E-state index contributed by atoms with van der Waals surface area (Å²) in [5.41, 5.74) is 0. The van der Waals surface area contributed by atoms with Gasteiger partial charge in [0.25, 0.3) is 0 Å². The van der Waals surface area contributed by atoms with Gasteiger partial charge < -0.3 is 0 Å². The monoisotopic (exact) mass is 190 g/mol. The van der Waals surface area contributed by atoms with E-state index in [1.807, 2.05) is 0 Å². The summed E-state index contributed by atoms with van der Waals surface area (Å²) in [6, 6.07) is 0. The summed E-state index contributed by atoms with van der Waals surface area (Å²) in [4.78, 5) is 10.7. The molecule has 11 heavy (non-hydrogen) atoms. The quantitative estimate of drug-likeness (QED) is 0.318. The van der Waals surface area contributed by atoms with Crippen LogP contribution in [-0.4, -0.2) is 34.5 Å². The zero-order chi connectivity index (χ0) is 7.90. The Kier molecular flexibility index (Phi) is 1.49. The first-order valence-electron chi connectivity index (χ1n) is 2.97. The highest BCUT2D eigenvalue weighted by atomic mass is 35.5. The average Bonchev–Trinajstić information content (AvgIpc) is 2.29. The van der Waals surface area contributed by atoms with Gasteiger partial charge in [-0.05, 0) is 11.8 Å². The summed E-state index contributed by atoms with van der Waals surface area (Å²) in [5, 5.41) is 0. The van der Waals surface area contributed by atoms with Gasteiger partial charge in [-0.1, -0.05) is 11.6 Å². The van der Waals surface area contributed by atoms with E-state index in [1.54, 1.807) is 0 Å². The lowest BCUT2D eigenvalue weighted by Crippen LogP contribution is -2.42. The van der Waals surface area contributed by atoms with Crippen LogP contribution in [0.3, 0.4) is 0 Å². The van der Waals surface area contributed by atoms with Crippen molar-refractivity contribution in [3.05, 3.63) is 0 Å². The fourth-order valence-corrected chi connectivity index (χ4v) is 1.31. The minimum Gasteiger partial charge on any atom is -0.250 e. The molecular weight excluding hydrogens is 187 g/mol. The van der Waals surface area contributed by atoms with Crippen LogP contribution in [0.1, 0.15) is 0 Å². The number of nitrogens with zero attached hydrogens (tertiary/aromatic N) is 4. The first-order valence-corrected chi connectivity index (χ1v) is 3.69. The van der Waals surface area contributed by atoms with Gasteiger partial charge in [0.05, 0.1) is 6.21 Å². The van der Waals surface area contributed by atoms with Crippen molar-refractivity contribution in [1.29, 1.82) is 0 Å². The molecule has 0 aromatic rings. The van der Waals surface area contributed by atoms with E-state index in [-0.39, 0.29) is 0 Å². The first-order chi connectivity index (χ1) is 5.23. The summed E-state index contributed by atoms with van der Waals surface area (Å²) in [7, 11) is 0. The Morgan fingerprint density at radius 1 is 1.64 bits per heavy atom. The number of hydrogen-bond donors (Lipinski definition) is 0. The Morgan fingerprint density at radius 3 is 3.18 bits per heavy atom. The standard InChI is InChI=1S/C5H4Cl2N4/c6-5-1-8-2-9-4(5)10-3-11(5)7/h1-2H,3H2. The van der Waals surface area contributed by atoms with Gasteiger partial charge in [0.15, 0.2) is 5.84 Å². The molecule has 2 aliphatic rings. The minimum atomic E-state index is -0.920. The van der Waals surface area contributed by atoms with Crippen molar-refractivity contribution >= 4 is 41.8 Å². The van der Waals surface area contributed by atoms with E-state index in [2.05, 4.69) is 15.0 Å². The van der Waals surface area contributed by atoms with Gasteiger partial charge >= 0.3 is 0 Å². The number of alkyl halides is 1. The molecule has 0 amide bonds. The molecule has 1 atom stereocenters. The number of halogens is 2. The Morgan fingerprint density at radius 2 is 2.45 bits per heavy atom. The van der Waals surface area contributed by atoms with Gasteiger partial charge in [-0.2, -0.15) is 4.42 Å². The lowest BCUT2D eigenvalue weighted by atomic mass is 10.3. The van der Waals surface area contributed by atoms with Crippen LogP contribution in [-0.2, 0) is 0 Å². The zero-order valence-corrected chi connectivity index (χ0v) is 6.92. The highest BCUT2D eigenvalue weighted by Gasteiger charge is 2.43. The highest BCUT2D eigenvalue weighted by Crippen LogP contribution is 2.29. The van der Waals surface area contributed by atoms with Crippen LogP contribution in [0.5, 0.6) is 0 Å². The molecule has 0 bridgehead atoms. The molecule has 0 aromatic heterocycles. The minimum absolute atomic E-state index is 0.351. The number of rotatable bonds is 0. The van der Waals surface area contributed by atoms with Gasteiger partial charge in [0.1, 0.15) is 13.0 Å². The maximum atomic E-state index is 6.02. The van der Waals surface area contributed by atoms with E-state index in [4.69, 9.17) is 23.4 Å². The van der Waals surface area contributed by atoms with Crippen LogP contribution < -0.4 is 0 Å². The second-order valence-electron chi connectivity index (χ2n) is 2.18. The molecule has 1 unspecified atom stereocenters. The molecule has 0 spiro atoms. The van der Waals surface area contributed by atoms with Crippen LogP contribution in [0.2, 0.25) is 0 Å². The normalized spacial score (nSPS) is 35.6. The molecule has 2 aliphatic heterocycles. The lowest BCUT2D eigenvalue weighted by Gasteiger charge is -2.22. The van der Waals surface area contributed by atoms with Crippen molar-refractivity contribution in [2.75, 3.05) is 6.67 Å². The third-order valence-corrected chi connectivity index (χ3v) is 2.43. The van der Waals surface area contributed by atoms with Gasteiger partial charge in [0, 0.05) is 0 Å². The third-order valence-electron chi connectivity index (χ3n) is 1.50. The second kappa shape index (κ2) is 2.27. The van der Waals surface area contributed by atoms with Crippen molar-refractivity contribution in [2.24, 2.45) is 15.0 Å². The zero-order valence-electron chi connectivity index (χ0n) is 5.41. The van der Waals surface area contributed by atoms with E-state index >= 15 is 0 Å². The number of hydrogen-bond acceptors (Lipinski definition) is 4. The SMILES string of the molecule is ClN1CN=C2N=CN=CC21Cl. The van der Waals surface area contributed by atoms with Crippen molar-refractivity contribution < 1.29 is 0 Å². The molecule has 0 N–H and O–H groups in total. The molecular formula is C5H4Cl2N4. The fraction of sp³-hybridized carbons (Fsp3) is 0.400. The molecule has 2 heterocycles. The molecule has 6 heteroatoms. The molecule has 2 rings (SSSR count). The lowest BCUT2D eigenvalue weighted by molar-refractivity contribution is 0.491. The summed E-state index contributed by atoms with van der Waals surface area (Å²) in [6.45, 7) is 0.351. The van der Waals surface area contributed by atoms with Crippen LogP contribution in [0.15, 0.2) is 15.0 Å².